The molecule has 5 rings (SSSR count). The van der Waals surface area contributed by atoms with Gasteiger partial charge in [-0.2, -0.15) is 0 Å². The van der Waals surface area contributed by atoms with E-state index >= 15 is 0 Å². The highest BCUT2D eigenvalue weighted by Gasteiger charge is 2.72. The molecule has 4 saturated carbocycles. The number of aliphatic carboxylic acids is 1. The van der Waals surface area contributed by atoms with Crippen LogP contribution in [0.1, 0.15) is 86.0 Å². The molecule has 0 aromatic rings. The number of aliphatic hydroxyl groups excluding tert-OH is 5. The van der Waals surface area contributed by atoms with Crippen LogP contribution in [0.15, 0.2) is 11.6 Å². The summed E-state index contributed by atoms with van der Waals surface area (Å²) in [5.41, 5.74) is -2.26. The van der Waals surface area contributed by atoms with Crippen LogP contribution < -0.4 is 0 Å². The van der Waals surface area contributed by atoms with Gasteiger partial charge in [-0.3, -0.25) is 4.79 Å². The van der Waals surface area contributed by atoms with E-state index in [-0.39, 0.29) is 41.8 Å². The maximum absolute atomic E-state index is 12.8. The summed E-state index contributed by atoms with van der Waals surface area (Å²) in [5.74, 6) is -1.18. The second-order valence-electron chi connectivity index (χ2n) is 15.0. The van der Waals surface area contributed by atoms with Gasteiger partial charge in [0, 0.05) is 5.41 Å². The van der Waals surface area contributed by atoms with E-state index in [0.29, 0.717) is 25.7 Å². The lowest BCUT2D eigenvalue weighted by Gasteiger charge is -2.72. The number of allylic oxidation sites excluding steroid dienone is 2. The smallest absolute Gasteiger partial charge is 0.312 e. The van der Waals surface area contributed by atoms with Crippen LogP contribution in [0.3, 0.4) is 0 Å². The molecule has 0 bridgehead atoms. The van der Waals surface area contributed by atoms with Gasteiger partial charge in [0.1, 0.15) is 5.41 Å². The SMILES string of the molecule is CC1(C)CC[C@@]2(C(=O)O)C(O)C[C@@]3(C)C(=CCC4[C@]5(C)CC(O)C(O)C(CO)(CO)C5CC[C@@]43C)C2C1. The zero-order valence-corrected chi connectivity index (χ0v) is 23.2. The first-order chi connectivity index (χ1) is 17.1. The fourth-order valence-corrected chi connectivity index (χ4v) is 10.9. The Kier molecular flexibility index (Phi) is 6.16. The molecule has 0 aromatic carbocycles. The molecule has 4 fully saturated rings. The van der Waals surface area contributed by atoms with Gasteiger partial charge in [0.05, 0.1) is 31.5 Å². The average Bonchev–Trinajstić information content (AvgIpc) is 2.80. The van der Waals surface area contributed by atoms with E-state index in [0.717, 1.165) is 25.7 Å². The van der Waals surface area contributed by atoms with Crippen LogP contribution in [0, 0.1) is 50.2 Å². The lowest BCUT2D eigenvalue weighted by atomic mass is 9.33. The Morgan fingerprint density at radius 3 is 2.16 bits per heavy atom. The number of hydrogen-bond donors (Lipinski definition) is 6. The van der Waals surface area contributed by atoms with Gasteiger partial charge in [-0.05, 0) is 90.8 Å². The molecule has 10 atom stereocenters. The Labute approximate surface area is 221 Å². The third kappa shape index (κ3) is 3.21. The van der Waals surface area contributed by atoms with Crippen LogP contribution in [0.4, 0.5) is 0 Å². The van der Waals surface area contributed by atoms with E-state index < -0.39 is 45.9 Å². The van der Waals surface area contributed by atoms with Gasteiger partial charge in [0.15, 0.2) is 0 Å². The van der Waals surface area contributed by atoms with Gasteiger partial charge >= 0.3 is 5.97 Å². The molecule has 7 heteroatoms. The number of aliphatic hydroxyl groups is 5. The minimum atomic E-state index is -1.19. The Morgan fingerprint density at radius 2 is 1.57 bits per heavy atom. The van der Waals surface area contributed by atoms with E-state index in [1.165, 1.54) is 5.57 Å². The molecule has 6 unspecified atom stereocenters. The van der Waals surface area contributed by atoms with Gasteiger partial charge in [-0.1, -0.05) is 46.3 Å². The number of rotatable bonds is 3. The van der Waals surface area contributed by atoms with Crippen molar-refractivity contribution in [2.24, 2.45) is 50.2 Å². The van der Waals surface area contributed by atoms with Crippen molar-refractivity contribution in [3.8, 4) is 0 Å². The van der Waals surface area contributed by atoms with Crippen molar-refractivity contribution in [2.75, 3.05) is 13.2 Å². The first-order valence-corrected chi connectivity index (χ1v) is 14.3. The molecule has 0 heterocycles. The van der Waals surface area contributed by atoms with Crippen LogP contribution in [0.25, 0.3) is 0 Å². The molecule has 6 N–H and O–H groups in total. The molecule has 0 amide bonds. The molecule has 0 spiro atoms. The van der Waals surface area contributed by atoms with Gasteiger partial charge in [-0.15, -0.1) is 0 Å². The molecular formula is C30H48O7. The summed E-state index contributed by atoms with van der Waals surface area (Å²) in [6.45, 7) is 10.3. The van der Waals surface area contributed by atoms with Crippen LogP contribution >= 0.6 is 0 Å². The number of fused-ring (bicyclic) bond motifs is 7. The molecule has 0 saturated heterocycles. The highest BCUT2D eigenvalue weighted by Crippen LogP contribution is 2.75. The molecule has 7 nitrogen and oxygen atoms in total. The van der Waals surface area contributed by atoms with Gasteiger partial charge in [0.2, 0.25) is 0 Å². The topological polar surface area (TPSA) is 138 Å². The van der Waals surface area contributed by atoms with Crippen LogP contribution in [0.2, 0.25) is 0 Å². The second-order valence-corrected chi connectivity index (χ2v) is 15.0. The Morgan fingerprint density at radius 1 is 0.919 bits per heavy atom. The summed E-state index contributed by atoms with van der Waals surface area (Å²) in [4.78, 5) is 12.8. The molecular weight excluding hydrogens is 472 g/mol. The fourth-order valence-electron chi connectivity index (χ4n) is 10.9. The summed E-state index contributed by atoms with van der Waals surface area (Å²) in [6.07, 6.45) is 4.08. The zero-order chi connectivity index (χ0) is 27.4. The van der Waals surface area contributed by atoms with Crippen molar-refractivity contribution < 1.29 is 35.4 Å². The van der Waals surface area contributed by atoms with Crippen molar-refractivity contribution in [1.82, 2.24) is 0 Å². The summed E-state index contributed by atoms with van der Waals surface area (Å²) >= 11 is 0. The Hall–Kier alpha value is -0.990. The predicted molar refractivity (Wildman–Crippen MR) is 138 cm³/mol. The number of hydrogen-bond acceptors (Lipinski definition) is 6. The maximum atomic E-state index is 12.8. The summed E-state index contributed by atoms with van der Waals surface area (Å²) in [6, 6.07) is 0. The molecule has 210 valence electrons. The molecule has 37 heavy (non-hydrogen) atoms. The second kappa shape index (κ2) is 8.26. The molecule has 0 aromatic heterocycles. The quantitative estimate of drug-likeness (QED) is 0.314. The first kappa shape index (κ1) is 27.6. The first-order valence-electron chi connectivity index (χ1n) is 14.3. The molecule has 0 aliphatic heterocycles. The van der Waals surface area contributed by atoms with Crippen LogP contribution in [-0.2, 0) is 4.79 Å². The van der Waals surface area contributed by atoms with Gasteiger partial charge in [-0.25, -0.2) is 0 Å². The predicted octanol–water partition coefficient (Wildman–Crippen LogP) is 3.12. The molecule has 0 radical (unpaired) electrons. The largest absolute Gasteiger partial charge is 0.481 e. The zero-order valence-electron chi connectivity index (χ0n) is 23.2. The number of carboxylic acid groups (broad SMARTS) is 1. The van der Waals surface area contributed by atoms with Crippen molar-refractivity contribution >= 4 is 5.97 Å². The van der Waals surface area contributed by atoms with Crippen LogP contribution in [0.5, 0.6) is 0 Å². The van der Waals surface area contributed by atoms with E-state index in [1.807, 2.05) is 0 Å². The number of carbonyl (C=O) groups is 1. The number of carboxylic acids is 1. The van der Waals surface area contributed by atoms with Crippen molar-refractivity contribution in [1.29, 1.82) is 0 Å². The minimum Gasteiger partial charge on any atom is -0.481 e. The van der Waals surface area contributed by atoms with E-state index in [9.17, 15) is 35.4 Å². The Bertz CT molecular complexity index is 986. The summed E-state index contributed by atoms with van der Waals surface area (Å²) in [5, 5.41) is 65.1. The molecule has 5 aliphatic rings. The maximum Gasteiger partial charge on any atom is 0.312 e. The van der Waals surface area contributed by atoms with Gasteiger partial charge in [0.25, 0.3) is 0 Å². The Balaban J connectivity index is 1.64. The van der Waals surface area contributed by atoms with Crippen molar-refractivity contribution in [2.45, 2.75) is 104 Å². The highest BCUT2D eigenvalue weighted by atomic mass is 16.4. The monoisotopic (exact) mass is 520 g/mol. The van der Waals surface area contributed by atoms with Gasteiger partial charge < -0.3 is 30.6 Å². The highest BCUT2D eigenvalue weighted by molar-refractivity contribution is 5.77. The van der Waals surface area contributed by atoms with E-state index in [4.69, 9.17) is 0 Å². The average molecular weight is 521 g/mol. The fraction of sp³-hybridized carbons (Fsp3) is 0.900. The van der Waals surface area contributed by atoms with E-state index in [2.05, 4.69) is 40.7 Å². The van der Waals surface area contributed by atoms with Crippen molar-refractivity contribution in [3.05, 3.63) is 11.6 Å². The molecule has 5 aliphatic carbocycles. The lowest BCUT2D eigenvalue weighted by Crippen LogP contribution is -2.70. The third-order valence-electron chi connectivity index (χ3n) is 13.2. The van der Waals surface area contributed by atoms with Crippen LogP contribution in [-0.4, -0.2) is 68.1 Å². The normalized spacial score (nSPS) is 52.1. The minimum absolute atomic E-state index is 0.00467. The lowest BCUT2D eigenvalue weighted by molar-refractivity contribution is -0.260. The van der Waals surface area contributed by atoms with E-state index in [1.54, 1.807) is 0 Å². The standard InChI is InChI=1S/C30H48O7/c1-25(2)10-11-30(24(36)37)18(12-25)17-6-7-20-26(3)13-19(33)23(35)29(15-31,16-32)21(26)8-9-27(20,4)28(17,5)14-22(30)34/h6,18-23,31-35H,7-16H2,1-5H3,(H,36,37)/t18?,19?,20?,21?,22?,23?,26-,27-,28-,30-/m0/s1. The van der Waals surface area contributed by atoms with Crippen molar-refractivity contribution in [3.63, 3.8) is 0 Å². The third-order valence-corrected chi connectivity index (χ3v) is 13.2. The summed E-state index contributed by atoms with van der Waals surface area (Å²) in [7, 11) is 0. The summed E-state index contributed by atoms with van der Waals surface area (Å²) < 4.78 is 0.